The summed E-state index contributed by atoms with van der Waals surface area (Å²) in [6.45, 7) is 3.26. The summed E-state index contributed by atoms with van der Waals surface area (Å²) >= 11 is 1.88. The number of aromatic nitrogens is 2. The molecule has 0 aliphatic carbocycles. The molecule has 3 nitrogen and oxygen atoms in total. The van der Waals surface area contributed by atoms with Crippen LogP contribution in [0.5, 0.6) is 0 Å². The summed E-state index contributed by atoms with van der Waals surface area (Å²) in [5.41, 5.74) is 1.30. The minimum Gasteiger partial charge on any atom is -0.313 e. The lowest BCUT2D eigenvalue weighted by molar-refractivity contribution is 0.597. The molecule has 0 spiro atoms. The SMILES string of the molecule is CSCC(C)NCCc1cnn(C)c1. The Morgan fingerprint density at radius 3 is 3.00 bits per heavy atom. The van der Waals surface area contributed by atoms with Gasteiger partial charge in [-0.2, -0.15) is 16.9 Å². The van der Waals surface area contributed by atoms with E-state index >= 15 is 0 Å². The highest BCUT2D eigenvalue weighted by Gasteiger charge is 2.00. The molecule has 0 amide bonds. The molecule has 0 saturated heterocycles. The molecule has 1 rings (SSSR count). The van der Waals surface area contributed by atoms with E-state index in [1.54, 1.807) is 0 Å². The van der Waals surface area contributed by atoms with E-state index in [2.05, 4.69) is 29.8 Å². The first kappa shape index (κ1) is 11.6. The Morgan fingerprint density at radius 1 is 1.64 bits per heavy atom. The fourth-order valence-electron chi connectivity index (χ4n) is 1.37. The van der Waals surface area contributed by atoms with Crippen LogP contribution in [-0.2, 0) is 13.5 Å². The molecule has 1 atom stereocenters. The number of thioether (sulfide) groups is 1. The van der Waals surface area contributed by atoms with E-state index in [0.29, 0.717) is 6.04 Å². The van der Waals surface area contributed by atoms with E-state index in [-0.39, 0.29) is 0 Å². The predicted molar refractivity (Wildman–Crippen MR) is 62.8 cm³/mol. The molecule has 0 saturated carbocycles. The molecule has 4 heteroatoms. The van der Waals surface area contributed by atoms with E-state index in [1.807, 2.05) is 29.7 Å². The lowest BCUT2D eigenvalue weighted by atomic mass is 10.2. The maximum atomic E-state index is 4.14. The van der Waals surface area contributed by atoms with E-state index in [9.17, 15) is 0 Å². The topological polar surface area (TPSA) is 29.9 Å². The largest absolute Gasteiger partial charge is 0.313 e. The van der Waals surface area contributed by atoms with Crippen molar-refractivity contribution in [1.29, 1.82) is 0 Å². The molecule has 1 aromatic heterocycles. The second kappa shape index (κ2) is 6.09. The van der Waals surface area contributed by atoms with Crippen LogP contribution in [0.25, 0.3) is 0 Å². The maximum absolute atomic E-state index is 4.14. The van der Waals surface area contributed by atoms with E-state index in [4.69, 9.17) is 0 Å². The van der Waals surface area contributed by atoms with Crippen molar-refractivity contribution in [3.63, 3.8) is 0 Å². The van der Waals surface area contributed by atoms with Crippen molar-refractivity contribution in [2.75, 3.05) is 18.6 Å². The summed E-state index contributed by atoms with van der Waals surface area (Å²) < 4.78 is 1.85. The summed E-state index contributed by atoms with van der Waals surface area (Å²) in [6, 6.07) is 0.599. The van der Waals surface area contributed by atoms with Crippen molar-refractivity contribution in [2.24, 2.45) is 7.05 Å². The van der Waals surface area contributed by atoms with Crippen LogP contribution in [0.2, 0.25) is 0 Å². The van der Waals surface area contributed by atoms with Gasteiger partial charge in [0.05, 0.1) is 6.20 Å². The number of rotatable bonds is 6. The molecule has 0 aliphatic rings. The van der Waals surface area contributed by atoms with Gasteiger partial charge in [-0.15, -0.1) is 0 Å². The highest BCUT2D eigenvalue weighted by atomic mass is 32.2. The normalized spacial score (nSPS) is 13.1. The first-order chi connectivity index (χ1) is 6.72. The molecule has 80 valence electrons. The average molecular weight is 213 g/mol. The fourth-order valence-corrected chi connectivity index (χ4v) is 1.99. The van der Waals surface area contributed by atoms with Gasteiger partial charge in [-0.1, -0.05) is 0 Å². The highest BCUT2D eigenvalue weighted by molar-refractivity contribution is 7.98. The van der Waals surface area contributed by atoms with Gasteiger partial charge in [0.2, 0.25) is 0 Å². The van der Waals surface area contributed by atoms with Gasteiger partial charge in [-0.05, 0) is 31.7 Å². The average Bonchev–Trinajstić information content (AvgIpc) is 2.52. The zero-order chi connectivity index (χ0) is 10.4. The third kappa shape index (κ3) is 4.15. The van der Waals surface area contributed by atoms with Crippen molar-refractivity contribution in [3.8, 4) is 0 Å². The predicted octanol–water partition coefficient (Wildman–Crippen LogP) is 1.30. The minimum absolute atomic E-state index is 0.599. The first-order valence-corrected chi connectivity index (χ1v) is 6.31. The van der Waals surface area contributed by atoms with Crippen LogP contribution in [0, 0.1) is 0 Å². The van der Waals surface area contributed by atoms with Crippen molar-refractivity contribution in [1.82, 2.24) is 15.1 Å². The zero-order valence-electron chi connectivity index (χ0n) is 9.16. The van der Waals surface area contributed by atoms with Crippen LogP contribution in [0.3, 0.4) is 0 Å². The molecule has 0 fully saturated rings. The number of nitrogens with one attached hydrogen (secondary N) is 1. The molecule has 1 unspecified atom stereocenters. The Hall–Kier alpha value is -0.480. The number of nitrogens with zero attached hydrogens (tertiary/aromatic N) is 2. The van der Waals surface area contributed by atoms with E-state index in [0.717, 1.165) is 13.0 Å². The first-order valence-electron chi connectivity index (χ1n) is 4.92. The summed E-state index contributed by atoms with van der Waals surface area (Å²) in [4.78, 5) is 0. The van der Waals surface area contributed by atoms with Crippen LogP contribution < -0.4 is 5.32 Å². The van der Waals surface area contributed by atoms with Gasteiger partial charge in [0, 0.05) is 25.0 Å². The molecule has 1 N–H and O–H groups in total. The van der Waals surface area contributed by atoms with Crippen molar-refractivity contribution in [3.05, 3.63) is 18.0 Å². The lowest BCUT2D eigenvalue weighted by Gasteiger charge is -2.11. The quantitative estimate of drug-likeness (QED) is 0.772. The summed E-state index contributed by atoms with van der Waals surface area (Å²) in [6.07, 6.45) is 7.20. The monoisotopic (exact) mass is 213 g/mol. The Kier molecular flexibility index (Phi) is 5.04. The molecule has 0 radical (unpaired) electrons. The highest BCUT2D eigenvalue weighted by Crippen LogP contribution is 1.98. The van der Waals surface area contributed by atoms with Crippen LogP contribution in [0.1, 0.15) is 12.5 Å². The van der Waals surface area contributed by atoms with Crippen LogP contribution in [0.4, 0.5) is 0 Å². The van der Waals surface area contributed by atoms with E-state index in [1.165, 1.54) is 11.3 Å². The number of hydrogen-bond acceptors (Lipinski definition) is 3. The Morgan fingerprint density at radius 2 is 2.43 bits per heavy atom. The van der Waals surface area contributed by atoms with Crippen molar-refractivity contribution < 1.29 is 0 Å². The molecular weight excluding hydrogens is 194 g/mol. The number of aryl methyl sites for hydroxylation is 1. The van der Waals surface area contributed by atoms with Gasteiger partial charge in [-0.25, -0.2) is 0 Å². The second-order valence-corrected chi connectivity index (χ2v) is 4.49. The molecule has 14 heavy (non-hydrogen) atoms. The zero-order valence-corrected chi connectivity index (χ0v) is 9.97. The fraction of sp³-hybridized carbons (Fsp3) is 0.700. The van der Waals surface area contributed by atoms with Crippen molar-refractivity contribution >= 4 is 11.8 Å². The van der Waals surface area contributed by atoms with Gasteiger partial charge in [0.1, 0.15) is 0 Å². The molecule has 1 heterocycles. The summed E-state index contributed by atoms with van der Waals surface area (Å²) in [7, 11) is 1.95. The Bertz CT molecular complexity index is 260. The Balaban J connectivity index is 2.15. The van der Waals surface area contributed by atoms with Gasteiger partial charge >= 0.3 is 0 Å². The molecule has 1 aromatic rings. The van der Waals surface area contributed by atoms with Gasteiger partial charge < -0.3 is 5.32 Å². The number of hydrogen-bond donors (Lipinski definition) is 1. The third-order valence-electron chi connectivity index (χ3n) is 2.08. The molecular formula is C10H19N3S. The second-order valence-electron chi connectivity index (χ2n) is 3.58. The molecule has 0 bridgehead atoms. The summed E-state index contributed by atoms with van der Waals surface area (Å²) in [5, 5.41) is 7.62. The van der Waals surface area contributed by atoms with Crippen molar-refractivity contribution in [2.45, 2.75) is 19.4 Å². The maximum Gasteiger partial charge on any atom is 0.0522 e. The van der Waals surface area contributed by atoms with Crippen LogP contribution >= 0.6 is 11.8 Å². The molecule has 0 aromatic carbocycles. The van der Waals surface area contributed by atoms with E-state index < -0.39 is 0 Å². The van der Waals surface area contributed by atoms with Crippen LogP contribution in [-0.4, -0.2) is 34.4 Å². The standard InChI is InChI=1S/C10H19N3S/c1-9(8-14-3)11-5-4-10-6-12-13(2)7-10/h6-7,9,11H,4-5,8H2,1-3H3. The van der Waals surface area contributed by atoms with Gasteiger partial charge in [0.15, 0.2) is 0 Å². The van der Waals surface area contributed by atoms with Gasteiger partial charge in [-0.3, -0.25) is 4.68 Å². The summed E-state index contributed by atoms with van der Waals surface area (Å²) in [5.74, 6) is 1.17. The lowest BCUT2D eigenvalue weighted by Crippen LogP contribution is -2.29. The molecule has 0 aliphatic heterocycles. The van der Waals surface area contributed by atoms with Gasteiger partial charge in [0.25, 0.3) is 0 Å². The van der Waals surface area contributed by atoms with Crippen LogP contribution in [0.15, 0.2) is 12.4 Å². The third-order valence-corrected chi connectivity index (χ3v) is 2.91. The Labute approximate surface area is 90.3 Å². The minimum atomic E-state index is 0.599. The smallest absolute Gasteiger partial charge is 0.0522 e.